The molecule has 3 aromatic rings. The molecule has 0 radical (unpaired) electrons. The lowest BCUT2D eigenvalue weighted by molar-refractivity contribution is 0.100. The van der Waals surface area contributed by atoms with E-state index in [-0.39, 0.29) is 6.61 Å². The van der Waals surface area contributed by atoms with Gasteiger partial charge in [-0.25, -0.2) is 0 Å². The largest absolute Gasteiger partial charge is 0.396 e. The number of hydrogen-bond donors (Lipinski definition) is 3. The van der Waals surface area contributed by atoms with Crippen LogP contribution in [0.3, 0.4) is 0 Å². The summed E-state index contributed by atoms with van der Waals surface area (Å²) in [4.78, 5) is 16.6. The van der Waals surface area contributed by atoms with Gasteiger partial charge in [-0.1, -0.05) is 0 Å². The van der Waals surface area contributed by atoms with E-state index in [2.05, 4.69) is 22.5 Å². The summed E-state index contributed by atoms with van der Waals surface area (Å²) in [6, 6.07) is 6.12. The van der Waals surface area contributed by atoms with Crippen molar-refractivity contribution in [1.82, 2.24) is 4.98 Å². The summed E-state index contributed by atoms with van der Waals surface area (Å²) < 4.78 is 11.7. The van der Waals surface area contributed by atoms with Crippen molar-refractivity contribution in [3.8, 4) is 11.1 Å². The number of benzene rings is 1. The van der Waals surface area contributed by atoms with Crippen molar-refractivity contribution >= 4 is 38.9 Å². The molecule has 1 aromatic carbocycles. The summed E-state index contributed by atoms with van der Waals surface area (Å²) >= 11 is 1.67. The molecule has 2 aromatic heterocycles. The Morgan fingerprint density at radius 2 is 2.04 bits per heavy atom. The van der Waals surface area contributed by atoms with Gasteiger partial charge in [-0.2, -0.15) is 0 Å². The lowest BCUT2D eigenvalue weighted by Gasteiger charge is -2.21. The Morgan fingerprint density at radius 3 is 2.75 bits per heavy atom. The Balaban J connectivity index is 1.77. The van der Waals surface area contributed by atoms with Gasteiger partial charge in [0.25, 0.3) is 5.91 Å². The van der Waals surface area contributed by atoms with Crippen LogP contribution in [-0.2, 0) is 17.2 Å². The average molecular weight is 417 g/mol. The third-order valence-corrected chi connectivity index (χ3v) is 7.86. The number of rotatable bonds is 6. The van der Waals surface area contributed by atoms with Crippen LogP contribution in [0, 0.1) is 0 Å². The van der Waals surface area contributed by atoms with Crippen molar-refractivity contribution < 1.29 is 14.1 Å². The lowest BCUT2D eigenvalue weighted by atomic mass is 9.91. The predicted octanol–water partition coefficient (Wildman–Crippen LogP) is 3.55. The second kappa shape index (κ2) is 8.19. The number of amides is 1. The topological polar surface area (TPSA) is 96.2 Å². The number of nitrogens with one attached hydrogen (secondary N) is 1. The maximum Gasteiger partial charge on any atom is 0.250 e. The SMILES string of the molecule is NC(=O)c1cc(-c2csc(CCCO)c2)cc2c(C3CCS(=O)CC3)c[nH]c12. The lowest BCUT2D eigenvalue weighted by Crippen LogP contribution is -2.17. The predicted molar refractivity (Wildman–Crippen MR) is 115 cm³/mol. The molecule has 28 heavy (non-hydrogen) atoms. The molecule has 0 aliphatic carbocycles. The third kappa shape index (κ3) is 3.79. The van der Waals surface area contributed by atoms with Gasteiger partial charge >= 0.3 is 0 Å². The Labute approximate surface area is 170 Å². The van der Waals surface area contributed by atoms with Crippen LogP contribution in [0.25, 0.3) is 22.0 Å². The molecule has 7 heteroatoms. The number of aryl methyl sites for hydroxylation is 1. The Kier molecular flexibility index (Phi) is 5.66. The fourth-order valence-electron chi connectivity index (χ4n) is 3.97. The number of H-pyrrole nitrogens is 1. The second-order valence-corrected chi connectivity index (χ2v) is 10.00. The van der Waals surface area contributed by atoms with Crippen molar-refractivity contribution in [1.29, 1.82) is 0 Å². The van der Waals surface area contributed by atoms with E-state index < -0.39 is 16.7 Å². The fraction of sp³-hybridized carbons (Fsp3) is 0.381. The van der Waals surface area contributed by atoms with Crippen LogP contribution >= 0.6 is 11.3 Å². The fourth-order valence-corrected chi connectivity index (χ4v) is 6.21. The van der Waals surface area contributed by atoms with E-state index in [0.717, 1.165) is 59.2 Å². The average Bonchev–Trinajstić information content (AvgIpc) is 3.33. The number of hydrogen-bond acceptors (Lipinski definition) is 4. The van der Waals surface area contributed by atoms with E-state index >= 15 is 0 Å². The molecule has 1 aliphatic heterocycles. The van der Waals surface area contributed by atoms with E-state index in [1.165, 1.54) is 10.4 Å². The quantitative estimate of drug-likeness (QED) is 0.573. The van der Waals surface area contributed by atoms with Gasteiger partial charge in [0, 0.05) is 45.4 Å². The van der Waals surface area contributed by atoms with Crippen LogP contribution in [-0.4, -0.2) is 38.3 Å². The van der Waals surface area contributed by atoms with Gasteiger partial charge in [0.15, 0.2) is 0 Å². The van der Waals surface area contributed by atoms with Crippen LogP contribution < -0.4 is 5.73 Å². The highest BCUT2D eigenvalue weighted by molar-refractivity contribution is 7.85. The summed E-state index contributed by atoms with van der Waals surface area (Å²) in [6.07, 6.45) is 5.39. The van der Waals surface area contributed by atoms with E-state index in [4.69, 9.17) is 10.8 Å². The van der Waals surface area contributed by atoms with E-state index in [1.54, 1.807) is 11.3 Å². The van der Waals surface area contributed by atoms with Crippen LogP contribution in [0.4, 0.5) is 0 Å². The van der Waals surface area contributed by atoms with Crippen LogP contribution in [0.1, 0.15) is 46.0 Å². The first-order valence-electron chi connectivity index (χ1n) is 9.55. The van der Waals surface area contributed by atoms with Gasteiger partial charge in [-0.05, 0) is 71.9 Å². The molecular weight excluding hydrogens is 392 g/mol. The van der Waals surface area contributed by atoms with Crippen molar-refractivity contribution in [3.05, 3.63) is 45.8 Å². The molecular formula is C21H24N2O3S2. The Hall–Kier alpha value is -1.96. The van der Waals surface area contributed by atoms with Gasteiger partial charge in [0.2, 0.25) is 0 Å². The molecule has 0 spiro atoms. The van der Waals surface area contributed by atoms with Gasteiger partial charge in [0.05, 0.1) is 11.1 Å². The molecule has 0 unspecified atom stereocenters. The number of carbonyl (C=O) groups is 1. The number of aliphatic hydroxyl groups excluding tert-OH is 1. The number of aliphatic hydroxyl groups is 1. The zero-order valence-corrected chi connectivity index (χ0v) is 17.2. The van der Waals surface area contributed by atoms with E-state index in [0.29, 0.717) is 11.5 Å². The van der Waals surface area contributed by atoms with Gasteiger partial charge < -0.3 is 15.8 Å². The summed E-state index contributed by atoms with van der Waals surface area (Å²) in [6.45, 7) is 0.184. The highest BCUT2D eigenvalue weighted by atomic mass is 32.2. The molecule has 1 aliphatic rings. The maximum absolute atomic E-state index is 12.1. The van der Waals surface area contributed by atoms with Crippen LogP contribution in [0.2, 0.25) is 0 Å². The summed E-state index contributed by atoms with van der Waals surface area (Å²) in [5.41, 5.74) is 10.2. The van der Waals surface area contributed by atoms with E-state index in [1.807, 2.05) is 12.3 Å². The number of primary amides is 1. The Bertz CT molecular complexity index is 1030. The molecule has 0 saturated carbocycles. The highest BCUT2D eigenvalue weighted by Crippen LogP contribution is 2.37. The molecule has 0 atom stereocenters. The van der Waals surface area contributed by atoms with Crippen molar-refractivity contribution in [2.45, 2.75) is 31.6 Å². The minimum atomic E-state index is -0.703. The van der Waals surface area contributed by atoms with Crippen molar-refractivity contribution in [3.63, 3.8) is 0 Å². The summed E-state index contributed by atoms with van der Waals surface area (Å²) in [5, 5.41) is 12.2. The molecule has 0 bridgehead atoms. The number of fused-ring (bicyclic) bond motifs is 1. The molecule has 1 saturated heterocycles. The molecule has 148 valence electrons. The molecule has 5 nitrogen and oxygen atoms in total. The molecule has 4 N–H and O–H groups in total. The first-order chi connectivity index (χ1) is 13.6. The monoisotopic (exact) mass is 416 g/mol. The van der Waals surface area contributed by atoms with Gasteiger partial charge in [-0.15, -0.1) is 11.3 Å². The number of aromatic amines is 1. The number of thiophene rings is 1. The van der Waals surface area contributed by atoms with Gasteiger partial charge in [0.1, 0.15) is 0 Å². The molecule has 4 rings (SSSR count). The maximum atomic E-state index is 12.1. The summed E-state index contributed by atoms with van der Waals surface area (Å²) in [7, 11) is -0.703. The van der Waals surface area contributed by atoms with E-state index in [9.17, 15) is 9.00 Å². The Morgan fingerprint density at radius 1 is 1.25 bits per heavy atom. The van der Waals surface area contributed by atoms with Crippen LogP contribution in [0.5, 0.6) is 0 Å². The van der Waals surface area contributed by atoms with Crippen molar-refractivity contribution in [2.75, 3.05) is 18.1 Å². The number of aromatic nitrogens is 1. The second-order valence-electron chi connectivity index (χ2n) is 7.31. The first-order valence-corrected chi connectivity index (χ1v) is 11.9. The van der Waals surface area contributed by atoms with Crippen molar-refractivity contribution in [2.24, 2.45) is 5.73 Å². The van der Waals surface area contributed by atoms with Gasteiger partial charge in [-0.3, -0.25) is 9.00 Å². The number of carbonyl (C=O) groups excluding carboxylic acids is 1. The highest BCUT2D eigenvalue weighted by Gasteiger charge is 2.24. The van der Waals surface area contributed by atoms with Crippen LogP contribution in [0.15, 0.2) is 29.8 Å². The third-order valence-electron chi connectivity index (χ3n) is 5.48. The molecule has 1 amide bonds. The standard InChI is InChI=1S/C21H24N2O3S2/c22-21(25)18-10-14(15-8-16(27-12-15)2-1-5-24)9-17-19(11-23-20(17)18)13-3-6-28(26)7-4-13/h8-13,23-24H,1-7H2,(H2,22,25). The zero-order valence-electron chi connectivity index (χ0n) is 15.6. The zero-order chi connectivity index (χ0) is 19.7. The minimum Gasteiger partial charge on any atom is -0.396 e. The molecule has 1 fully saturated rings. The molecule has 3 heterocycles. The smallest absolute Gasteiger partial charge is 0.250 e. The first kappa shape index (κ1) is 19.4. The number of nitrogens with two attached hydrogens (primary N) is 1. The minimum absolute atomic E-state index is 0.184. The summed E-state index contributed by atoms with van der Waals surface area (Å²) in [5.74, 6) is 1.38. The normalized spacial score (nSPS) is 19.9.